The Kier molecular flexibility index (Phi) is 4.89. The van der Waals surface area contributed by atoms with Gasteiger partial charge in [0.25, 0.3) is 0 Å². The molecule has 1 atom stereocenters. The summed E-state index contributed by atoms with van der Waals surface area (Å²) < 4.78 is 25.3. The molecule has 25 heavy (non-hydrogen) atoms. The highest BCUT2D eigenvalue weighted by Gasteiger charge is 2.34. The molecule has 1 heterocycles. The number of amides is 1. The normalized spacial score (nSPS) is 16.6. The highest BCUT2D eigenvalue weighted by molar-refractivity contribution is 9.10. The minimum absolute atomic E-state index is 0.0762. The average Bonchev–Trinajstić information content (AvgIpc) is 2.94. The summed E-state index contributed by atoms with van der Waals surface area (Å²) in [7, 11) is 0. The van der Waals surface area contributed by atoms with Crippen molar-refractivity contribution < 1.29 is 28.6 Å². The van der Waals surface area contributed by atoms with Crippen LogP contribution >= 0.6 is 15.9 Å². The molecule has 1 N–H and O–H groups in total. The maximum Gasteiger partial charge on any atom is 0.414 e. The zero-order valence-corrected chi connectivity index (χ0v) is 14.4. The number of carbonyl (C=O) groups is 2. The van der Waals surface area contributed by atoms with Crippen LogP contribution in [-0.2, 0) is 4.74 Å². The lowest BCUT2D eigenvalue weighted by atomic mass is 10.2. The summed E-state index contributed by atoms with van der Waals surface area (Å²) in [6, 6.07) is 10.3. The fraction of sp³-hybridized carbons (Fsp3) is 0.176. The molecule has 3 rings (SSSR count). The third-order valence-electron chi connectivity index (χ3n) is 3.61. The molecular formula is C17H13BrFNO5. The van der Waals surface area contributed by atoms with Gasteiger partial charge in [-0.05, 0) is 42.5 Å². The molecule has 1 aliphatic heterocycles. The zero-order valence-electron chi connectivity index (χ0n) is 12.8. The van der Waals surface area contributed by atoms with Crippen molar-refractivity contribution in [2.45, 2.75) is 6.10 Å². The number of benzene rings is 2. The van der Waals surface area contributed by atoms with Crippen molar-refractivity contribution in [2.24, 2.45) is 0 Å². The second kappa shape index (κ2) is 7.10. The maximum atomic E-state index is 14.0. The summed E-state index contributed by atoms with van der Waals surface area (Å²) >= 11 is 3.17. The summed E-state index contributed by atoms with van der Waals surface area (Å²) in [6.07, 6.45) is -1.20. The first-order chi connectivity index (χ1) is 11.9. The molecule has 0 aliphatic carbocycles. The van der Waals surface area contributed by atoms with Crippen molar-refractivity contribution in [1.29, 1.82) is 0 Å². The molecule has 2 aromatic carbocycles. The number of carbonyl (C=O) groups excluding carboxylic acids is 1. The maximum absolute atomic E-state index is 14.0. The topological polar surface area (TPSA) is 76.1 Å². The Bertz CT molecular complexity index is 811. The SMILES string of the molecule is O=C(O)c1ccc(OC[C@H]2CN(c3ccc(Br)cc3F)C(=O)O2)cc1. The van der Waals surface area contributed by atoms with Gasteiger partial charge in [0.15, 0.2) is 6.10 Å². The van der Waals surface area contributed by atoms with E-state index in [0.29, 0.717) is 10.2 Å². The quantitative estimate of drug-likeness (QED) is 0.814. The van der Waals surface area contributed by atoms with Gasteiger partial charge in [-0.15, -0.1) is 0 Å². The van der Waals surface area contributed by atoms with E-state index in [1.54, 1.807) is 6.07 Å². The van der Waals surface area contributed by atoms with Gasteiger partial charge in [0.1, 0.15) is 18.2 Å². The second-order valence-corrected chi connectivity index (χ2v) is 6.27. The van der Waals surface area contributed by atoms with Crippen molar-refractivity contribution in [3.05, 3.63) is 58.3 Å². The van der Waals surface area contributed by atoms with Gasteiger partial charge in [-0.25, -0.2) is 14.0 Å². The summed E-state index contributed by atoms with van der Waals surface area (Å²) in [5.74, 6) is -1.10. The van der Waals surface area contributed by atoms with E-state index in [-0.39, 0.29) is 24.4 Å². The summed E-state index contributed by atoms with van der Waals surface area (Å²) in [5, 5.41) is 8.85. The van der Waals surface area contributed by atoms with E-state index in [0.717, 1.165) is 0 Å². The van der Waals surface area contributed by atoms with Crippen LogP contribution in [0.25, 0.3) is 0 Å². The number of carboxylic acid groups (broad SMARTS) is 1. The molecular weight excluding hydrogens is 397 g/mol. The number of hydrogen-bond acceptors (Lipinski definition) is 4. The van der Waals surface area contributed by atoms with Gasteiger partial charge in [-0.3, -0.25) is 4.90 Å². The Hall–Kier alpha value is -2.61. The molecule has 0 spiro atoms. The van der Waals surface area contributed by atoms with Crippen LogP contribution in [0.15, 0.2) is 46.9 Å². The first kappa shape index (κ1) is 17.2. The van der Waals surface area contributed by atoms with Gasteiger partial charge in [-0.2, -0.15) is 0 Å². The van der Waals surface area contributed by atoms with Crippen LogP contribution in [0.3, 0.4) is 0 Å². The van der Waals surface area contributed by atoms with E-state index in [2.05, 4.69) is 15.9 Å². The van der Waals surface area contributed by atoms with E-state index in [1.165, 1.54) is 41.3 Å². The Morgan fingerprint density at radius 2 is 2.04 bits per heavy atom. The van der Waals surface area contributed by atoms with Gasteiger partial charge in [0.2, 0.25) is 0 Å². The van der Waals surface area contributed by atoms with E-state index in [4.69, 9.17) is 14.6 Å². The lowest BCUT2D eigenvalue weighted by Crippen LogP contribution is -2.27. The predicted molar refractivity (Wildman–Crippen MR) is 90.6 cm³/mol. The number of cyclic esters (lactones) is 1. The minimum Gasteiger partial charge on any atom is -0.490 e. The van der Waals surface area contributed by atoms with E-state index in [9.17, 15) is 14.0 Å². The van der Waals surface area contributed by atoms with Gasteiger partial charge in [0.05, 0.1) is 17.8 Å². The number of nitrogens with zero attached hydrogens (tertiary/aromatic N) is 1. The van der Waals surface area contributed by atoms with Crippen LogP contribution in [0.5, 0.6) is 5.75 Å². The molecule has 8 heteroatoms. The monoisotopic (exact) mass is 409 g/mol. The van der Waals surface area contributed by atoms with Crippen LogP contribution < -0.4 is 9.64 Å². The fourth-order valence-electron chi connectivity index (χ4n) is 2.39. The minimum atomic E-state index is -1.02. The highest BCUT2D eigenvalue weighted by Crippen LogP contribution is 2.27. The Morgan fingerprint density at radius 3 is 2.68 bits per heavy atom. The molecule has 0 bridgehead atoms. The molecule has 0 unspecified atom stereocenters. The number of halogens is 2. The Morgan fingerprint density at radius 1 is 1.32 bits per heavy atom. The average molecular weight is 410 g/mol. The summed E-state index contributed by atoms with van der Waals surface area (Å²) in [6.45, 7) is 0.234. The van der Waals surface area contributed by atoms with Crippen LogP contribution in [0.2, 0.25) is 0 Å². The van der Waals surface area contributed by atoms with E-state index in [1.807, 2.05) is 0 Å². The highest BCUT2D eigenvalue weighted by atomic mass is 79.9. The molecule has 1 aliphatic rings. The molecule has 0 saturated carbocycles. The van der Waals surface area contributed by atoms with Crippen molar-refractivity contribution in [1.82, 2.24) is 0 Å². The van der Waals surface area contributed by atoms with Crippen molar-refractivity contribution in [3.63, 3.8) is 0 Å². The Balaban J connectivity index is 1.62. The van der Waals surface area contributed by atoms with Crippen LogP contribution in [0.1, 0.15) is 10.4 Å². The molecule has 130 valence electrons. The van der Waals surface area contributed by atoms with Crippen molar-refractivity contribution in [3.8, 4) is 5.75 Å². The molecule has 1 amide bonds. The van der Waals surface area contributed by atoms with Crippen molar-refractivity contribution in [2.75, 3.05) is 18.1 Å². The molecule has 0 radical (unpaired) electrons. The van der Waals surface area contributed by atoms with E-state index < -0.39 is 24.0 Å². The van der Waals surface area contributed by atoms with Gasteiger partial charge < -0.3 is 14.6 Å². The molecule has 0 aromatic heterocycles. The first-order valence-electron chi connectivity index (χ1n) is 7.33. The number of aromatic carboxylic acids is 1. The van der Waals surface area contributed by atoms with Crippen LogP contribution in [0.4, 0.5) is 14.9 Å². The zero-order chi connectivity index (χ0) is 18.0. The lowest BCUT2D eigenvalue weighted by molar-refractivity contribution is 0.0696. The predicted octanol–water partition coefficient (Wildman–Crippen LogP) is 3.69. The molecule has 1 saturated heterocycles. The van der Waals surface area contributed by atoms with Gasteiger partial charge in [-0.1, -0.05) is 15.9 Å². The largest absolute Gasteiger partial charge is 0.490 e. The lowest BCUT2D eigenvalue weighted by Gasteiger charge is -2.14. The standard InChI is InChI=1S/C17H13BrFNO5/c18-11-3-6-15(14(19)7-11)20-8-13(25-17(20)23)9-24-12-4-1-10(2-5-12)16(21)22/h1-7,13H,8-9H2,(H,21,22)/t13-/m1/s1. The number of ether oxygens (including phenoxy) is 2. The van der Waals surface area contributed by atoms with Gasteiger partial charge >= 0.3 is 12.1 Å². The summed E-state index contributed by atoms with van der Waals surface area (Å²) in [5.41, 5.74) is 0.290. The van der Waals surface area contributed by atoms with Crippen LogP contribution in [0, 0.1) is 5.82 Å². The smallest absolute Gasteiger partial charge is 0.414 e. The number of rotatable bonds is 5. The number of hydrogen-bond donors (Lipinski definition) is 1. The third kappa shape index (κ3) is 3.90. The summed E-state index contributed by atoms with van der Waals surface area (Å²) in [4.78, 5) is 24.0. The molecule has 2 aromatic rings. The first-order valence-corrected chi connectivity index (χ1v) is 8.12. The third-order valence-corrected chi connectivity index (χ3v) is 4.11. The Labute approximate surface area is 150 Å². The van der Waals surface area contributed by atoms with Crippen molar-refractivity contribution >= 4 is 33.7 Å². The van der Waals surface area contributed by atoms with Gasteiger partial charge in [0, 0.05) is 4.47 Å². The van der Waals surface area contributed by atoms with Crippen LogP contribution in [-0.4, -0.2) is 36.4 Å². The number of carboxylic acids is 1. The number of anilines is 1. The fourth-order valence-corrected chi connectivity index (χ4v) is 2.72. The molecule has 1 fully saturated rings. The second-order valence-electron chi connectivity index (χ2n) is 5.35. The van der Waals surface area contributed by atoms with E-state index >= 15 is 0 Å². The molecule has 6 nitrogen and oxygen atoms in total.